The van der Waals surface area contributed by atoms with E-state index in [2.05, 4.69) is 27.2 Å². The van der Waals surface area contributed by atoms with Gasteiger partial charge in [-0.3, -0.25) is 9.69 Å². The number of allylic oxidation sites excluding steroid dienone is 2. The third-order valence-electron chi connectivity index (χ3n) is 4.51. The molecule has 1 aliphatic heterocycles. The summed E-state index contributed by atoms with van der Waals surface area (Å²) in [6.45, 7) is 9.79. The van der Waals surface area contributed by atoms with Crippen molar-refractivity contribution in [2.75, 3.05) is 19.6 Å². The van der Waals surface area contributed by atoms with Gasteiger partial charge in [0.05, 0.1) is 17.9 Å². The maximum Gasteiger partial charge on any atom is 0.320 e. The molecule has 2 heterocycles. The van der Waals surface area contributed by atoms with E-state index in [0.717, 1.165) is 43.7 Å². The molecule has 5 nitrogen and oxygen atoms in total. The van der Waals surface area contributed by atoms with Crippen molar-refractivity contribution in [1.82, 2.24) is 15.1 Å². The van der Waals surface area contributed by atoms with Crippen LogP contribution in [0.4, 0.5) is 0 Å². The summed E-state index contributed by atoms with van der Waals surface area (Å²) in [7, 11) is 0. The molecule has 1 aliphatic carbocycles. The maximum absolute atomic E-state index is 12.0. The van der Waals surface area contributed by atoms with Gasteiger partial charge < -0.3 is 4.74 Å². The fourth-order valence-corrected chi connectivity index (χ4v) is 3.35. The summed E-state index contributed by atoms with van der Waals surface area (Å²) < 4.78 is 5.44. The molecule has 5 heteroatoms. The number of esters is 1. The van der Waals surface area contributed by atoms with Crippen molar-refractivity contribution in [2.45, 2.75) is 52.6 Å². The number of carbonyl (C=O) groups is 1. The van der Waals surface area contributed by atoms with Crippen molar-refractivity contribution < 1.29 is 9.53 Å². The first-order chi connectivity index (χ1) is 11.8. The molecule has 0 aromatic carbocycles. The molecule has 0 atom stereocenters. The molecule has 2 aliphatic rings. The van der Waals surface area contributed by atoms with Gasteiger partial charge in [-0.05, 0) is 70.2 Å². The number of ether oxygens (including phenoxy) is 1. The lowest BCUT2D eigenvalue weighted by molar-refractivity contribution is -0.156. The van der Waals surface area contributed by atoms with Crippen LogP contribution in [0.3, 0.4) is 0 Å². The van der Waals surface area contributed by atoms with E-state index in [0.29, 0.717) is 6.54 Å². The van der Waals surface area contributed by atoms with Crippen molar-refractivity contribution in [1.29, 1.82) is 0 Å². The van der Waals surface area contributed by atoms with Crippen molar-refractivity contribution in [3.05, 3.63) is 40.7 Å². The molecule has 0 spiro atoms. The fraction of sp³-hybridized carbons (Fsp3) is 0.550. The first kappa shape index (κ1) is 17.8. The van der Waals surface area contributed by atoms with E-state index in [4.69, 9.17) is 4.74 Å². The number of nitrogens with zero attached hydrogens (tertiary/aromatic N) is 3. The van der Waals surface area contributed by atoms with Crippen molar-refractivity contribution in [3.63, 3.8) is 0 Å². The van der Waals surface area contributed by atoms with Crippen LogP contribution in [0.25, 0.3) is 5.57 Å². The Labute approximate surface area is 149 Å². The van der Waals surface area contributed by atoms with Gasteiger partial charge in [-0.25, -0.2) is 0 Å². The molecule has 0 amide bonds. The van der Waals surface area contributed by atoms with Gasteiger partial charge in [0, 0.05) is 13.1 Å². The van der Waals surface area contributed by atoms with E-state index in [-0.39, 0.29) is 5.97 Å². The topological polar surface area (TPSA) is 55.3 Å². The van der Waals surface area contributed by atoms with E-state index in [1.807, 2.05) is 33.8 Å². The quantitative estimate of drug-likeness (QED) is 0.790. The minimum atomic E-state index is -0.422. The van der Waals surface area contributed by atoms with Crippen LogP contribution < -0.4 is 0 Å². The average Bonchev–Trinajstić information content (AvgIpc) is 2.53. The largest absolute Gasteiger partial charge is 0.459 e. The van der Waals surface area contributed by atoms with E-state index >= 15 is 0 Å². The molecule has 0 unspecified atom stereocenters. The zero-order chi connectivity index (χ0) is 18.0. The molecule has 3 rings (SSSR count). The molecule has 0 radical (unpaired) electrons. The van der Waals surface area contributed by atoms with Crippen molar-refractivity contribution >= 4 is 11.5 Å². The van der Waals surface area contributed by atoms with Gasteiger partial charge in [-0.15, -0.1) is 0 Å². The number of hydrogen-bond donors (Lipinski definition) is 0. The van der Waals surface area contributed by atoms with Crippen molar-refractivity contribution in [3.8, 4) is 0 Å². The Hall–Kier alpha value is -2.01. The third-order valence-corrected chi connectivity index (χ3v) is 4.51. The average molecular weight is 341 g/mol. The molecular weight excluding hydrogens is 314 g/mol. The van der Waals surface area contributed by atoms with E-state index in [1.165, 1.54) is 16.7 Å². The Kier molecular flexibility index (Phi) is 5.04. The van der Waals surface area contributed by atoms with Crippen LogP contribution in [0.1, 0.15) is 51.4 Å². The second-order valence-electron chi connectivity index (χ2n) is 7.91. The SMILES string of the molecule is Cc1ccc(C2=CC3=C(CC2)CN(CC(=O)OC(C)(C)C)CC3)nn1. The van der Waals surface area contributed by atoms with Crippen LogP contribution in [0, 0.1) is 6.92 Å². The molecular formula is C20H27N3O2. The van der Waals surface area contributed by atoms with Crippen LogP contribution in [-0.4, -0.2) is 46.3 Å². The summed E-state index contributed by atoms with van der Waals surface area (Å²) in [6, 6.07) is 4.06. The predicted octanol–water partition coefficient (Wildman–Crippen LogP) is 3.31. The zero-order valence-corrected chi connectivity index (χ0v) is 15.6. The first-order valence-corrected chi connectivity index (χ1v) is 8.96. The number of hydrogen-bond acceptors (Lipinski definition) is 5. The van der Waals surface area contributed by atoms with Gasteiger partial charge in [0.1, 0.15) is 5.60 Å². The van der Waals surface area contributed by atoms with Crippen molar-refractivity contribution in [2.24, 2.45) is 0 Å². The van der Waals surface area contributed by atoms with Gasteiger partial charge in [0.25, 0.3) is 0 Å². The molecule has 0 N–H and O–H groups in total. The van der Waals surface area contributed by atoms with Gasteiger partial charge in [-0.1, -0.05) is 11.6 Å². The summed E-state index contributed by atoms with van der Waals surface area (Å²) in [4.78, 5) is 14.2. The number of carbonyl (C=O) groups excluding carboxylic acids is 1. The Morgan fingerprint density at radius 1 is 1.20 bits per heavy atom. The number of aryl methyl sites for hydroxylation is 1. The zero-order valence-electron chi connectivity index (χ0n) is 15.6. The lowest BCUT2D eigenvalue weighted by Crippen LogP contribution is -2.39. The first-order valence-electron chi connectivity index (χ1n) is 8.96. The van der Waals surface area contributed by atoms with Gasteiger partial charge in [0.15, 0.2) is 0 Å². The summed E-state index contributed by atoms with van der Waals surface area (Å²) in [5.41, 5.74) is 5.62. The predicted molar refractivity (Wildman–Crippen MR) is 97.9 cm³/mol. The molecule has 1 aromatic rings. The normalized spacial score (nSPS) is 18.6. The molecule has 0 saturated heterocycles. The highest BCUT2D eigenvalue weighted by molar-refractivity contribution is 5.72. The van der Waals surface area contributed by atoms with Gasteiger partial charge >= 0.3 is 5.97 Å². The minimum Gasteiger partial charge on any atom is -0.459 e. The Bertz CT molecular complexity index is 711. The summed E-state index contributed by atoms with van der Waals surface area (Å²) >= 11 is 0. The highest BCUT2D eigenvalue weighted by Gasteiger charge is 2.25. The number of rotatable bonds is 3. The Morgan fingerprint density at radius 3 is 2.68 bits per heavy atom. The molecule has 0 bridgehead atoms. The smallest absolute Gasteiger partial charge is 0.320 e. The maximum atomic E-state index is 12.0. The molecule has 1 aromatic heterocycles. The second kappa shape index (κ2) is 7.08. The monoisotopic (exact) mass is 341 g/mol. The summed E-state index contributed by atoms with van der Waals surface area (Å²) in [6.07, 6.45) is 5.27. The second-order valence-corrected chi connectivity index (χ2v) is 7.91. The minimum absolute atomic E-state index is 0.140. The highest BCUT2D eigenvalue weighted by atomic mass is 16.6. The highest BCUT2D eigenvalue weighted by Crippen LogP contribution is 2.33. The Morgan fingerprint density at radius 2 is 2.00 bits per heavy atom. The lowest BCUT2D eigenvalue weighted by atomic mass is 9.87. The molecule has 0 saturated carbocycles. The summed E-state index contributed by atoms with van der Waals surface area (Å²) in [5, 5.41) is 8.48. The van der Waals surface area contributed by atoms with Crippen LogP contribution >= 0.6 is 0 Å². The third kappa shape index (κ3) is 4.75. The van der Waals surface area contributed by atoms with Gasteiger partial charge in [-0.2, -0.15) is 10.2 Å². The molecule has 134 valence electrons. The lowest BCUT2D eigenvalue weighted by Gasteiger charge is -2.32. The fourth-order valence-electron chi connectivity index (χ4n) is 3.35. The van der Waals surface area contributed by atoms with E-state index < -0.39 is 5.60 Å². The number of aromatic nitrogens is 2. The van der Waals surface area contributed by atoms with E-state index in [1.54, 1.807) is 0 Å². The van der Waals surface area contributed by atoms with Crippen LogP contribution in [0.15, 0.2) is 29.4 Å². The van der Waals surface area contributed by atoms with Crippen LogP contribution in [-0.2, 0) is 9.53 Å². The molecule has 0 fully saturated rings. The van der Waals surface area contributed by atoms with Crippen LogP contribution in [0.5, 0.6) is 0 Å². The molecule has 25 heavy (non-hydrogen) atoms. The van der Waals surface area contributed by atoms with E-state index in [9.17, 15) is 4.79 Å². The summed E-state index contributed by atoms with van der Waals surface area (Å²) in [5.74, 6) is -0.140. The Balaban J connectivity index is 1.65. The van der Waals surface area contributed by atoms with Gasteiger partial charge in [0.2, 0.25) is 0 Å². The standard InChI is InChI=1S/C20H27N3O2/c1-14-5-8-18(22-21-14)16-6-7-17-12-23(10-9-15(17)11-16)13-19(24)25-20(2,3)4/h5,8,11H,6-7,9-10,12-13H2,1-4H3. The van der Waals surface area contributed by atoms with Crippen LogP contribution in [0.2, 0.25) is 0 Å².